The highest BCUT2D eigenvalue weighted by Crippen LogP contribution is 2.12. The van der Waals surface area contributed by atoms with Gasteiger partial charge in [-0.05, 0) is 38.9 Å². The lowest BCUT2D eigenvalue weighted by Gasteiger charge is -2.28. The van der Waals surface area contributed by atoms with Gasteiger partial charge in [-0.2, -0.15) is 0 Å². The van der Waals surface area contributed by atoms with Crippen molar-refractivity contribution in [3.05, 3.63) is 0 Å². The van der Waals surface area contributed by atoms with E-state index in [1.807, 2.05) is 0 Å². The molecule has 0 spiro atoms. The predicted octanol–water partition coefficient (Wildman–Crippen LogP) is 1.13. The second-order valence-electron chi connectivity index (χ2n) is 3.01. The molecule has 2 N–H and O–H groups in total. The molecule has 1 fully saturated rings. The summed E-state index contributed by atoms with van der Waals surface area (Å²) in [7, 11) is 2.17. The summed E-state index contributed by atoms with van der Waals surface area (Å²) < 4.78 is 0. The minimum absolute atomic E-state index is 0. The zero-order valence-corrected chi connectivity index (χ0v) is 8.59. The lowest BCUT2D eigenvalue weighted by Crippen LogP contribution is -2.35. The van der Waals surface area contributed by atoms with Crippen molar-refractivity contribution in [1.82, 2.24) is 4.90 Å². The summed E-state index contributed by atoms with van der Waals surface area (Å²) in [6, 6.07) is 0. The minimum atomic E-state index is 0. The largest absolute Gasteiger partial charge is 0.330 e. The highest BCUT2D eigenvalue weighted by molar-refractivity contribution is 5.85. The molecule has 1 saturated heterocycles. The molecule has 0 aromatic rings. The van der Waals surface area contributed by atoms with E-state index >= 15 is 0 Å². The van der Waals surface area contributed by atoms with Gasteiger partial charge in [-0.25, -0.2) is 0 Å². The van der Waals surface area contributed by atoms with Crippen molar-refractivity contribution >= 4 is 24.8 Å². The average Bonchev–Trinajstić information content (AvgIpc) is 1.88. The van der Waals surface area contributed by atoms with Crippen LogP contribution in [0.1, 0.15) is 12.8 Å². The molecule has 0 saturated carbocycles. The molecule has 1 atom stereocenters. The predicted molar refractivity (Wildman–Crippen MR) is 53.8 cm³/mol. The quantitative estimate of drug-likeness (QED) is 0.689. The van der Waals surface area contributed by atoms with Gasteiger partial charge in [0, 0.05) is 6.54 Å². The van der Waals surface area contributed by atoms with Crippen molar-refractivity contribution in [2.45, 2.75) is 12.8 Å². The molecule has 11 heavy (non-hydrogen) atoms. The van der Waals surface area contributed by atoms with Crippen LogP contribution in [0.25, 0.3) is 0 Å². The van der Waals surface area contributed by atoms with Gasteiger partial charge in [0.2, 0.25) is 0 Å². The van der Waals surface area contributed by atoms with Crippen LogP contribution in [0.15, 0.2) is 0 Å². The van der Waals surface area contributed by atoms with Crippen LogP contribution in [-0.4, -0.2) is 31.6 Å². The van der Waals surface area contributed by atoms with Crippen LogP contribution in [0.2, 0.25) is 0 Å². The Morgan fingerprint density at radius 3 is 2.45 bits per heavy atom. The Morgan fingerprint density at radius 1 is 1.45 bits per heavy atom. The smallest absolute Gasteiger partial charge is 0.00187 e. The van der Waals surface area contributed by atoms with E-state index < -0.39 is 0 Å². The van der Waals surface area contributed by atoms with Crippen molar-refractivity contribution in [1.29, 1.82) is 0 Å². The lowest BCUT2D eigenvalue weighted by molar-refractivity contribution is 0.214. The Labute approximate surface area is 81.3 Å². The van der Waals surface area contributed by atoms with E-state index in [1.165, 1.54) is 25.9 Å². The Kier molecular flexibility index (Phi) is 9.15. The van der Waals surface area contributed by atoms with Gasteiger partial charge in [0.15, 0.2) is 0 Å². The van der Waals surface area contributed by atoms with Crippen LogP contribution < -0.4 is 5.73 Å². The Hall–Kier alpha value is 0.500. The first-order valence-electron chi connectivity index (χ1n) is 3.71. The molecule has 0 aromatic heterocycles. The first-order valence-corrected chi connectivity index (χ1v) is 3.71. The summed E-state index contributed by atoms with van der Waals surface area (Å²) in [6.45, 7) is 3.33. The van der Waals surface area contributed by atoms with Crippen molar-refractivity contribution in [2.75, 3.05) is 26.7 Å². The highest BCUT2D eigenvalue weighted by Gasteiger charge is 2.14. The summed E-state index contributed by atoms with van der Waals surface area (Å²) in [5, 5.41) is 0. The van der Waals surface area contributed by atoms with E-state index in [-0.39, 0.29) is 24.8 Å². The molecule has 1 aliphatic heterocycles. The molecule has 0 aromatic carbocycles. The number of hydrogen-bond donors (Lipinski definition) is 1. The summed E-state index contributed by atoms with van der Waals surface area (Å²) in [6.07, 6.45) is 2.67. The molecule has 2 nitrogen and oxygen atoms in total. The van der Waals surface area contributed by atoms with Gasteiger partial charge >= 0.3 is 0 Å². The molecule has 70 valence electrons. The first kappa shape index (κ1) is 14.0. The van der Waals surface area contributed by atoms with Crippen molar-refractivity contribution in [2.24, 2.45) is 11.7 Å². The summed E-state index contributed by atoms with van der Waals surface area (Å²) in [4.78, 5) is 2.36. The van der Waals surface area contributed by atoms with E-state index in [9.17, 15) is 0 Å². The minimum Gasteiger partial charge on any atom is -0.330 e. The molecule has 0 aliphatic carbocycles. The third-order valence-corrected chi connectivity index (χ3v) is 2.06. The molecule has 1 heterocycles. The van der Waals surface area contributed by atoms with Crippen LogP contribution in [0.3, 0.4) is 0 Å². The second-order valence-corrected chi connectivity index (χ2v) is 3.01. The van der Waals surface area contributed by atoms with E-state index in [4.69, 9.17) is 5.73 Å². The van der Waals surface area contributed by atoms with Gasteiger partial charge in [0.05, 0.1) is 0 Å². The number of halogens is 2. The highest BCUT2D eigenvalue weighted by atomic mass is 35.5. The molecule has 1 aliphatic rings. The molecule has 1 rings (SSSR count). The Bertz CT molecular complexity index is 90.5. The number of piperidine rings is 1. The maximum absolute atomic E-state index is 5.54. The van der Waals surface area contributed by atoms with E-state index in [1.54, 1.807) is 0 Å². The van der Waals surface area contributed by atoms with Crippen molar-refractivity contribution < 1.29 is 0 Å². The normalized spacial score (nSPS) is 25.1. The van der Waals surface area contributed by atoms with Gasteiger partial charge in [-0.15, -0.1) is 24.8 Å². The third kappa shape index (κ3) is 4.86. The standard InChI is InChI=1S/C7H16N2.2ClH/c1-9-4-2-3-7(5-8)6-9;;/h7H,2-6,8H2,1H3;2*1H. The summed E-state index contributed by atoms with van der Waals surface area (Å²) in [5.74, 6) is 0.767. The lowest BCUT2D eigenvalue weighted by atomic mass is 9.99. The molecular weight excluding hydrogens is 183 g/mol. The van der Waals surface area contributed by atoms with E-state index in [0.29, 0.717) is 0 Å². The number of rotatable bonds is 1. The zero-order valence-electron chi connectivity index (χ0n) is 6.95. The van der Waals surface area contributed by atoms with Crippen LogP contribution in [-0.2, 0) is 0 Å². The summed E-state index contributed by atoms with van der Waals surface area (Å²) in [5.41, 5.74) is 5.54. The molecule has 4 heteroatoms. The topological polar surface area (TPSA) is 29.3 Å². The number of likely N-dealkylation sites (tertiary alicyclic amines) is 1. The van der Waals surface area contributed by atoms with Gasteiger partial charge in [-0.1, -0.05) is 0 Å². The fourth-order valence-corrected chi connectivity index (χ4v) is 1.47. The van der Waals surface area contributed by atoms with Crippen LogP contribution in [0, 0.1) is 5.92 Å². The molecule has 0 bridgehead atoms. The average molecular weight is 201 g/mol. The maximum Gasteiger partial charge on any atom is 0.00187 e. The molecule has 0 amide bonds. The van der Waals surface area contributed by atoms with Crippen molar-refractivity contribution in [3.8, 4) is 0 Å². The molecule has 0 radical (unpaired) electrons. The number of hydrogen-bond acceptors (Lipinski definition) is 2. The summed E-state index contributed by atoms with van der Waals surface area (Å²) >= 11 is 0. The number of nitrogens with zero attached hydrogens (tertiary/aromatic N) is 1. The van der Waals surface area contributed by atoms with Crippen LogP contribution >= 0.6 is 24.8 Å². The Balaban J connectivity index is 0. The van der Waals surface area contributed by atoms with E-state index in [2.05, 4.69) is 11.9 Å². The fraction of sp³-hybridized carbons (Fsp3) is 1.00. The van der Waals surface area contributed by atoms with Gasteiger partial charge < -0.3 is 10.6 Å². The second kappa shape index (κ2) is 7.17. The van der Waals surface area contributed by atoms with Gasteiger partial charge in [0.1, 0.15) is 0 Å². The third-order valence-electron chi connectivity index (χ3n) is 2.06. The van der Waals surface area contributed by atoms with E-state index in [0.717, 1.165) is 12.5 Å². The van der Waals surface area contributed by atoms with Crippen LogP contribution in [0.4, 0.5) is 0 Å². The van der Waals surface area contributed by atoms with Gasteiger partial charge in [-0.3, -0.25) is 0 Å². The fourth-order valence-electron chi connectivity index (χ4n) is 1.47. The SMILES string of the molecule is CN1CCCC(CN)C1.Cl.Cl. The zero-order chi connectivity index (χ0) is 6.69. The first-order chi connectivity index (χ1) is 4.33. The van der Waals surface area contributed by atoms with Gasteiger partial charge in [0.25, 0.3) is 0 Å². The van der Waals surface area contributed by atoms with Crippen molar-refractivity contribution in [3.63, 3.8) is 0 Å². The molecule has 1 unspecified atom stereocenters. The monoisotopic (exact) mass is 200 g/mol. The van der Waals surface area contributed by atoms with Crippen LogP contribution in [0.5, 0.6) is 0 Å². The molecular formula is C7H18Cl2N2. The maximum atomic E-state index is 5.54. The Morgan fingerprint density at radius 2 is 2.09 bits per heavy atom. The number of nitrogens with two attached hydrogens (primary N) is 1.